The van der Waals surface area contributed by atoms with E-state index in [1.165, 1.54) is 11.8 Å². The molecule has 9 amide bonds. The SMILES string of the molecule is CC[C@@H](C)[C@@H](N)C1=NC(C(=O)N[C@@H](CC(C)C)C(=O)N[C@H](CCC(=O)O)C(=O)N[C@H](C(=O)N[C@@H](CCCCNC(=O)[C@@H](CC(N)=O)NC(=O)[C@H](N)CC(=O)O)C(=O)N[C@H](CCCN)C(=O)N[C@H](C(=O)O)[C@@H](C)CC)[C@@H](C)CC)CS1. The maximum absolute atomic E-state index is 14.5. The number of unbranched alkanes of at least 4 members (excludes halogenated alkanes) is 1. The van der Waals surface area contributed by atoms with E-state index in [0.29, 0.717) is 17.2 Å². The zero-order chi connectivity index (χ0) is 61.0. The highest BCUT2D eigenvalue weighted by Crippen LogP contribution is 2.24. The molecule has 28 nitrogen and oxygen atoms in total. The Morgan fingerprint density at radius 1 is 0.575 bits per heavy atom. The number of rotatable bonds is 40. The van der Waals surface area contributed by atoms with Crippen LogP contribution < -0.4 is 65.5 Å². The minimum absolute atomic E-state index is 0.0455. The fraction of sp³-hybridized carbons (Fsp3) is 0.745. The average molecular weight is 1160 g/mol. The first-order valence-electron chi connectivity index (χ1n) is 27.3. The largest absolute Gasteiger partial charge is 0.481 e. The van der Waals surface area contributed by atoms with Crippen LogP contribution in [-0.4, -0.2) is 171 Å². The van der Waals surface area contributed by atoms with Crippen molar-refractivity contribution in [3.63, 3.8) is 0 Å². The molecular formula is C51H89N13O15S. The van der Waals surface area contributed by atoms with Crippen molar-refractivity contribution < 1.29 is 72.9 Å². The van der Waals surface area contributed by atoms with E-state index in [-0.39, 0.29) is 75.9 Å². The van der Waals surface area contributed by atoms with Gasteiger partial charge in [-0.1, -0.05) is 74.7 Å². The lowest BCUT2D eigenvalue weighted by Crippen LogP contribution is -2.61. The van der Waals surface area contributed by atoms with Crippen LogP contribution in [0.5, 0.6) is 0 Å². The molecule has 0 spiro atoms. The number of carboxylic acid groups (broad SMARTS) is 3. The van der Waals surface area contributed by atoms with Gasteiger partial charge in [-0.3, -0.25) is 57.7 Å². The number of hydrogen-bond donors (Lipinski definition) is 15. The van der Waals surface area contributed by atoms with Gasteiger partial charge < -0.3 is 80.8 Å². The molecule has 0 saturated carbocycles. The highest BCUT2D eigenvalue weighted by Gasteiger charge is 2.37. The maximum Gasteiger partial charge on any atom is 0.326 e. The van der Waals surface area contributed by atoms with Crippen LogP contribution in [0.25, 0.3) is 0 Å². The summed E-state index contributed by atoms with van der Waals surface area (Å²) in [6.07, 6.45) is -0.807. The van der Waals surface area contributed by atoms with Gasteiger partial charge in [-0.2, -0.15) is 0 Å². The Morgan fingerprint density at radius 2 is 1.07 bits per heavy atom. The highest BCUT2D eigenvalue weighted by molar-refractivity contribution is 8.14. The van der Waals surface area contributed by atoms with Gasteiger partial charge in [0, 0.05) is 18.7 Å². The zero-order valence-corrected chi connectivity index (χ0v) is 48.1. The molecule has 454 valence electrons. The van der Waals surface area contributed by atoms with Crippen LogP contribution in [0.15, 0.2) is 4.99 Å². The fourth-order valence-electron chi connectivity index (χ4n) is 8.05. The first kappa shape index (κ1) is 71.6. The molecule has 0 aromatic heterocycles. The molecule has 0 radical (unpaired) electrons. The number of nitrogens with zero attached hydrogens (tertiary/aromatic N) is 1. The summed E-state index contributed by atoms with van der Waals surface area (Å²) in [7, 11) is 0. The van der Waals surface area contributed by atoms with Crippen molar-refractivity contribution in [2.24, 2.45) is 51.6 Å². The Balaban J connectivity index is 3.59. The van der Waals surface area contributed by atoms with Crippen LogP contribution >= 0.6 is 11.8 Å². The van der Waals surface area contributed by atoms with Gasteiger partial charge in [0.1, 0.15) is 48.3 Å². The van der Waals surface area contributed by atoms with Crippen molar-refractivity contribution in [1.82, 2.24) is 42.5 Å². The standard InChI is InChI=1S/C51H89N13O15S/c1-9-26(6)39(55)50-62-35(24-80-50)48(76)61-33(21-25(4)5)47(75)58-32(17-18-37(66)67)46(74)63-40(27(7)10-2)49(77)59-30(44(72)57-31(16-14-19-52)45(73)64-41(51(78)79)28(8)11-3)15-12-13-20-56-43(71)34(23-36(54)65)60-42(70)29(53)22-38(68)69/h25-35,39-41H,9-24,52-53,55H2,1-8H3,(H2,54,65)(H,56,71)(H,57,72)(H,58,75)(H,59,77)(H,60,70)(H,61,76)(H,63,74)(H,64,73)(H,66,67)(H,68,69)(H,78,79)/t26-,27+,28+,29-,30+,31-,32-,33+,34-,35?,39-,40+,41+/m1/s1. The van der Waals surface area contributed by atoms with Crippen molar-refractivity contribution >= 4 is 87.9 Å². The van der Waals surface area contributed by atoms with Crippen molar-refractivity contribution in [3.8, 4) is 0 Å². The number of hydrogen-bond acceptors (Lipinski definition) is 17. The van der Waals surface area contributed by atoms with E-state index in [9.17, 15) is 67.7 Å². The Morgan fingerprint density at radius 3 is 1.59 bits per heavy atom. The van der Waals surface area contributed by atoms with Gasteiger partial charge >= 0.3 is 17.9 Å². The molecule has 29 heteroatoms. The van der Waals surface area contributed by atoms with Gasteiger partial charge in [-0.15, -0.1) is 11.8 Å². The molecule has 1 aliphatic rings. The van der Waals surface area contributed by atoms with E-state index >= 15 is 0 Å². The number of aliphatic imine (C=N–C) groups is 1. The summed E-state index contributed by atoms with van der Waals surface area (Å²) in [5, 5.41) is 49.6. The molecule has 1 heterocycles. The van der Waals surface area contributed by atoms with Gasteiger partial charge in [0.15, 0.2) is 0 Å². The number of carbonyl (C=O) groups is 12. The fourth-order valence-corrected chi connectivity index (χ4v) is 9.23. The van der Waals surface area contributed by atoms with Gasteiger partial charge in [0.2, 0.25) is 53.2 Å². The molecule has 1 unspecified atom stereocenters. The predicted molar refractivity (Wildman–Crippen MR) is 297 cm³/mol. The Bertz CT molecular complexity index is 2170. The summed E-state index contributed by atoms with van der Waals surface area (Å²) in [5.41, 5.74) is 23.0. The highest BCUT2D eigenvalue weighted by atomic mass is 32.2. The molecular weight excluding hydrogens is 1070 g/mol. The number of carbonyl (C=O) groups excluding carboxylic acids is 9. The number of nitrogens with two attached hydrogens (primary N) is 4. The quantitative estimate of drug-likeness (QED) is 0.0297. The Hall–Kier alpha value is -6.46. The molecule has 0 aliphatic carbocycles. The van der Waals surface area contributed by atoms with Crippen molar-refractivity contribution in [1.29, 1.82) is 0 Å². The average Bonchev–Trinajstić information content (AvgIpc) is 3.89. The van der Waals surface area contributed by atoms with Gasteiger partial charge in [-0.05, 0) is 75.2 Å². The topological polar surface area (TPSA) is 478 Å². The Labute approximate surface area is 471 Å². The minimum atomic E-state index is -1.56. The first-order valence-corrected chi connectivity index (χ1v) is 28.3. The molecule has 1 rings (SSSR count). The van der Waals surface area contributed by atoms with E-state index in [0.717, 1.165) is 6.42 Å². The normalized spacial score (nSPS) is 17.6. The van der Waals surface area contributed by atoms with Crippen LogP contribution in [0.4, 0.5) is 0 Å². The van der Waals surface area contributed by atoms with Gasteiger partial charge in [0.25, 0.3) is 0 Å². The third-order valence-electron chi connectivity index (χ3n) is 13.7. The monoisotopic (exact) mass is 1160 g/mol. The van der Waals surface area contributed by atoms with Gasteiger partial charge in [0.05, 0.1) is 30.0 Å². The predicted octanol–water partition coefficient (Wildman–Crippen LogP) is -1.94. The molecule has 19 N–H and O–H groups in total. The van der Waals surface area contributed by atoms with Crippen LogP contribution in [0.3, 0.4) is 0 Å². The first-order chi connectivity index (χ1) is 37.5. The van der Waals surface area contributed by atoms with E-state index in [2.05, 4.69) is 47.5 Å². The summed E-state index contributed by atoms with van der Waals surface area (Å²) in [6, 6.07) is -12.6. The second-order valence-corrected chi connectivity index (χ2v) is 21.8. The van der Waals surface area contributed by atoms with Crippen LogP contribution in [-0.2, 0) is 57.5 Å². The lowest BCUT2D eigenvalue weighted by Gasteiger charge is -2.30. The van der Waals surface area contributed by atoms with Crippen LogP contribution in [0.1, 0.15) is 139 Å². The number of thioether (sulfide) groups is 1. The summed E-state index contributed by atoms with van der Waals surface area (Å²) < 4.78 is 0. The number of carboxylic acids is 3. The molecule has 0 fully saturated rings. The summed E-state index contributed by atoms with van der Waals surface area (Å²) in [6.45, 7) is 14.2. The summed E-state index contributed by atoms with van der Waals surface area (Å²) in [5.74, 6) is -12.8. The van der Waals surface area contributed by atoms with Gasteiger partial charge in [-0.25, -0.2) is 4.79 Å². The van der Waals surface area contributed by atoms with E-state index in [1.54, 1.807) is 27.7 Å². The molecule has 1 aliphatic heterocycles. The lowest BCUT2D eigenvalue weighted by atomic mass is 9.96. The molecule has 0 aromatic rings. The van der Waals surface area contributed by atoms with E-state index in [4.69, 9.17) is 28.0 Å². The molecule has 13 atom stereocenters. The third-order valence-corrected chi connectivity index (χ3v) is 14.8. The van der Waals surface area contributed by atoms with Crippen LogP contribution in [0, 0.1) is 23.7 Å². The van der Waals surface area contributed by atoms with Crippen molar-refractivity contribution in [2.45, 2.75) is 199 Å². The summed E-state index contributed by atoms with van der Waals surface area (Å²) >= 11 is 1.35. The zero-order valence-electron chi connectivity index (χ0n) is 47.3. The molecule has 0 saturated heterocycles. The number of amides is 9. The number of primary amides is 1. The van der Waals surface area contributed by atoms with E-state index in [1.807, 2.05) is 27.7 Å². The smallest absolute Gasteiger partial charge is 0.326 e. The third kappa shape index (κ3) is 25.8. The summed E-state index contributed by atoms with van der Waals surface area (Å²) in [4.78, 5) is 161. The maximum atomic E-state index is 14.5. The molecule has 80 heavy (non-hydrogen) atoms. The minimum Gasteiger partial charge on any atom is -0.481 e. The molecule has 0 aromatic carbocycles. The second-order valence-electron chi connectivity index (χ2n) is 20.7. The number of aliphatic carboxylic acids is 3. The second kappa shape index (κ2) is 36.7. The number of nitrogens with one attached hydrogen (secondary N) is 8. The Kier molecular flexibility index (Phi) is 32.9. The molecule has 0 bridgehead atoms. The van der Waals surface area contributed by atoms with Crippen molar-refractivity contribution in [3.05, 3.63) is 0 Å². The van der Waals surface area contributed by atoms with Crippen LogP contribution in [0.2, 0.25) is 0 Å². The van der Waals surface area contributed by atoms with Crippen molar-refractivity contribution in [2.75, 3.05) is 18.8 Å². The lowest BCUT2D eigenvalue weighted by molar-refractivity contribution is -0.144. The van der Waals surface area contributed by atoms with E-state index < -0.39 is 163 Å².